The molecule has 16 heteroatoms. The standard InChI is InChI=1S/C55H63N7O9/c1-8-51(59-45(64)41-29-56-39-17-12-13-18-40(39)57-41)27-33-28-54(49(65)69-6,44-35(19-23-61(30-33)31-51)34-15-10-11-16-38(34)58-44)37-25-36-42(26-43(37)68-5)60(4)47-53(36)21-24-62-22-14-20-52(9-2,46(53)62)48(71-32(3)63)55(47,67)50(66)70-7/h10-18,20,25-26,29,33,46-48,58,67H,8-9,19,21-24,27-28,30-31H2,1-7H3,(H,59,64)/t33-,46+,47-,48-,51+,52-,53-,54+,55+/m1/s1. The number of aromatic nitrogens is 3. The molecule has 11 rings (SSSR count). The molecule has 71 heavy (non-hydrogen) atoms. The van der Waals surface area contributed by atoms with Crippen LogP contribution in [0.25, 0.3) is 21.9 Å². The molecule has 7 heterocycles. The quantitative estimate of drug-likeness (QED) is 0.0972. The molecule has 1 amide bonds. The van der Waals surface area contributed by atoms with Crippen molar-refractivity contribution in [2.45, 2.75) is 99.5 Å². The van der Waals surface area contributed by atoms with Crippen LogP contribution in [0.2, 0.25) is 0 Å². The minimum atomic E-state index is -2.34. The number of likely N-dealkylation sites (N-methyl/N-ethyl adjacent to an activating group) is 1. The van der Waals surface area contributed by atoms with Crippen molar-refractivity contribution < 1.29 is 43.2 Å². The minimum absolute atomic E-state index is 0.170. The van der Waals surface area contributed by atoms with Gasteiger partial charge in [-0.3, -0.25) is 24.3 Å². The van der Waals surface area contributed by atoms with E-state index >= 15 is 4.79 Å². The van der Waals surface area contributed by atoms with Crippen LogP contribution in [-0.2, 0) is 45.8 Å². The molecule has 5 aromatic rings. The van der Waals surface area contributed by atoms with E-state index in [1.807, 2.05) is 73.5 Å². The number of anilines is 1. The Kier molecular flexibility index (Phi) is 11.2. The number of ether oxygens (including phenoxy) is 4. The van der Waals surface area contributed by atoms with E-state index in [9.17, 15) is 19.5 Å². The number of piperidine rings is 1. The monoisotopic (exact) mass is 965 g/mol. The molecule has 10 atom stereocenters. The van der Waals surface area contributed by atoms with Crippen LogP contribution < -0.4 is 15.0 Å². The van der Waals surface area contributed by atoms with E-state index in [4.69, 9.17) is 23.9 Å². The predicted octanol–water partition coefficient (Wildman–Crippen LogP) is 5.37. The summed E-state index contributed by atoms with van der Waals surface area (Å²) in [5, 5.41) is 18.0. The van der Waals surface area contributed by atoms with E-state index in [0.29, 0.717) is 87.2 Å². The highest BCUT2D eigenvalue weighted by atomic mass is 16.6. The molecule has 5 aliphatic heterocycles. The lowest BCUT2D eigenvalue weighted by Crippen LogP contribution is -2.81. The highest BCUT2D eigenvalue weighted by Crippen LogP contribution is 2.68. The predicted molar refractivity (Wildman–Crippen MR) is 265 cm³/mol. The maximum atomic E-state index is 15.8. The zero-order valence-corrected chi connectivity index (χ0v) is 41.5. The third kappa shape index (κ3) is 6.52. The van der Waals surface area contributed by atoms with Crippen molar-refractivity contribution in [3.63, 3.8) is 0 Å². The number of rotatable bonds is 9. The second kappa shape index (κ2) is 16.9. The Morgan fingerprint density at radius 3 is 2.41 bits per heavy atom. The third-order valence-corrected chi connectivity index (χ3v) is 17.7. The number of hydrogen-bond donors (Lipinski definition) is 3. The van der Waals surface area contributed by atoms with Gasteiger partial charge in [-0.25, -0.2) is 9.78 Å². The Balaban J connectivity index is 1.12. The first-order valence-corrected chi connectivity index (χ1v) is 25.0. The molecule has 2 bridgehead atoms. The van der Waals surface area contributed by atoms with Gasteiger partial charge in [0, 0.05) is 90.9 Å². The normalized spacial score (nSPS) is 32.6. The third-order valence-electron chi connectivity index (χ3n) is 17.7. The van der Waals surface area contributed by atoms with Gasteiger partial charge in [-0.2, -0.15) is 0 Å². The van der Waals surface area contributed by atoms with Gasteiger partial charge in [0.15, 0.2) is 6.10 Å². The average Bonchev–Trinajstić information content (AvgIpc) is 4.05. The highest BCUT2D eigenvalue weighted by molar-refractivity contribution is 5.96. The zero-order valence-electron chi connectivity index (χ0n) is 41.5. The smallest absolute Gasteiger partial charge is 0.344 e. The van der Waals surface area contributed by atoms with Crippen LogP contribution in [-0.4, -0.2) is 144 Å². The Morgan fingerprint density at radius 2 is 1.68 bits per heavy atom. The van der Waals surface area contributed by atoms with Gasteiger partial charge in [-0.15, -0.1) is 0 Å². The summed E-state index contributed by atoms with van der Waals surface area (Å²) in [6.07, 6.45) is 7.35. The molecule has 372 valence electrons. The van der Waals surface area contributed by atoms with Gasteiger partial charge in [0.2, 0.25) is 5.60 Å². The van der Waals surface area contributed by atoms with Crippen molar-refractivity contribution in [3.05, 3.63) is 107 Å². The lowest BCUT2D eigenvalue weighted by atomic mass is 9.47. The van der Waals surface area contributed by atoms with Gasteiger partial charge in [-0.05, 0) is 86.4 Å². The molecular weight excluding hydrogens is 903 g/mol. The maximum Gasteiger partial charge on any atom is 0.344 e. The van der Waals surface area contributed by atoms with Crippen LogP contribution in [0.1, 0.15) is 85.7 Å². The Morgan fingerprint density at radius 1 is 0.915 bits per heavy atom. The average molecular weight is 966 g/mol. The van der Waals surface area contributed by atoms with Gasteiger partial charge in [0.25, 0.3) is 5.91 Å². The van der Waals surface area contributed by atoms with Crippen molar-refractivity contribution in [2.24, 2.45) is 11.3 Å². The molecule has 3 aromatic carbocycles. The van der Waals surface area contributed by atoms with Crippen LogP contribution >= 0.6 is 0 Å². The van der Waals surface area contributed by atoms with Crippen LogP contribution in [0.3, 0.4) is 0 Å². The van der Waals surface area contributed by atoms with Crippen molar-refractivity contribution in [1.29, 1.82) is 0 Å². The number of hydrogen-bond acceptors (Lipinski definition) is 14. The SMILES string of the molecule is CC[C@]1(NC(=O)c2cnc3ccccc3n2)C[C@H]2CN(CCc3c([nH]c4ccccc34)[C@@](C(=O)OC)(c3cc4c(cc3OC)N(C)[C@H]3[C@@](O)(C(=O)OC)[C@H](OC(C)=O)[C@]5(CC)C=CCN6CC[C@]43[C@@H]65)C2)C1. The lowest BCUT2D eigenvalue weighted by Gasteiger charge is -2.63. The van der Waals surface area contributed by atoms with Crippen LogP contribution in [0.4, 0.5) is 5.69 Å². The molecule has 16 nitrogen and oxygen atoms in total. The van der Waals surface area contributed by atoms with Gasteiger partial charge < -0.3 is 44.2 Å². The van der Waals surface area contributed by atoms with Gasteiger partial charge >= 0.3 is 17.9 Å². The number of carbonyl (C=O) groups is 4. The number of aromatic amines is 1. The first-order valence-electron chi connectivity index (χ1n) is 25.0. The first kappa shape index (κ1) is 47.0. The Bertz CT molecular complexity index is 3050. The number of H-pyrrole nitrogens is 1. The van der Waals surface area contributed by atoms with Crippen LogP contribution in [0, 0.1) is 11.3 Å². The van der Waals surface area contributed by atoms with E-state index < -0.39 is 57.4 Å². The fourth-order valence-electron chi connectivity index (χ4n) is 15.1. The second-order valence-electron chi connectivity index (χ2n) is 21.0. The first-order chi connectivity index (χ1) is 34.2. The molecule has 6 aliphatic rings. The van der Waals surface area contributed by atoms with Gasteiger partial charge in [-0.1, -0.05) is 56.3 Å². The molecule has 2 aromatic heterocycles. The number of carbonyl (C=O) groups excluding carboxylic acids is 4. The van der Waals surface area contributed by atoms with Crippen LogP contribution in [0.5, 0.6) is 5.75 Å². The van der Waals surface area contributed by atoms with Gasteiger partial charge in [0.05, 0.1) is 50.1 Å². The summed E-state index contributed by atoms with van der Waals surface area (Å²) >= 11 is 0. The highest BCUT2D eigenvalue weighted by Gasteiger charge is 2.80. The van der Waals surface area contributed by atoms with E-state index in [1.165, 1.54) is 27.3 Å². The maximum absolute atomic E-state index is 15.8. The summed E-state index contributed by atoms with van der Waals surface area (Å²) in [5.41, 5.74) is -0.209. The number of fused-ring (bicyclic) bond motifs is 7. The summed E-state index contributed by atoms with van der Waals surface area (Å²) in [6, 6.07) is 18.3. The van der Waals surface area contributed by atoms with E-state index in [0.717, 1.165) is 33.4 Å². The minimum Gasteiger partial charge on any atom is -0.496 e. The molecule has 1 aliphatic carbocycles. The van der Waals surface area contributed by atoms with Crippen molar-refractivity contribution in [1.82, 2.24) is 30.1 Å². The summed E-state index contributed by atoms with van der Waals surface area (Å²) in [4.78, 5) is 77.7. The number of amides is 1. The van der Waals surface area contributed by atoms with Crippen molar-refractivity contribution in [2.75, 3.05) is 66.0 Å². The number of nitrogens with zero attached hydrogens (tertiary/aromatic N) is 5. The Labute approximate surface area is 413 Å². The topological polar surface area (TPSA) is 189 Å². The fraction of sp³-hybridized carbons (Fsp3) is 0.491. The van der Waals surface area contributed by atoms with Crippen molar-refractivity contribution in [3.8, 4) is 5.75 Å². The van der Waals surface area contributed by atoms with Crippen LogP contribution in [0.15, 0.2) is 79.0 Å². The lowest BCUT2D eigenvalue weighted by molar-refractivity contribution is -0.228. The van der Waals surface area contributed by atoms with E-state index in [1.54, 1.807) is 7.11 Å². The number of para-hydroxylation sites is 3. The summed E-state index contributed by atoms with van der Waals surface area (Å²) in [6.45, 7) is 8.57. The molecule has 1 unspecified atom stereocenters. The number of aliphatic hydroxyl groups is 1. The number of nitrogens with one attached hydrogen (secondary N) is 2. The molecule has 2 saturated heterocycles. The molecule has 1 spiro atoms. The van der Waals surface area contributed by atoms with E-state index in [2.05, 4.69) is 50.2 Å². The summed E-state index contributed by atoms with van der Waals surface area (Å²) in [7, 11) is 6.14. The Hall–Kier alpha value is -6.36. The summed E-state index contributed by atoms with van der Waals surface area (Å²) < 4.78 is 24.3. The molecule has 1 saturated carbocycles. The van der Waals surface area contributed by atoms with E-state index in [-0.39, 0.29) is 30.0 Å². The zero-order chi connectivity index (χ0) is 49.8. The fourth-order valence-corrected chi connectivity index (χ4v) is 15.1. The number of benzene rings is 3. The molecule has 3 N–H and O–H groups in total. The number of esters is 3. The molecule has 0 radical (unpaired) electrons. The molecular formula is C55H63N7O9. The number of methoxy groups -OCH3 is 3. The molecule has 3 fully saturated rings. The summed E-state index contributed by atoms with van der Waals surface area (Å²) in [5.74, 6) is -2.03. The largest absolute Gasteiger partial charge is 0.496 e. The van der Waals surface area contributed by atoms with Gasteiger partial charge in [0.1, 0.15) is 16.9 Å². The van der Waals surface area contributed by atoms with Crippen molar-refractivity contribution >= 4 is 51.4 Å². The second-order valence-corrected chi connectivity index (χ2v) is 21.0.